The number of anilines is 2. The van der Waals surface area contributed by atoms with Crippen LogP contribution >= 0.6 is 0 Å². The van der Waals surface area contributed by atoms with E-state index in [9.17, 15) is 103 Å². The summed E-state index contributed by atoms with van der Waals surface area (Å²) in [5.74, 6) is -5.78. The molecule has 682 valence electrons. The van der Waals surface area contributed by atoms with Gasteiger partial charge in [-0.1, -0.05) is 25.5 Å². The number of unbranched alkanes of at least 4 members (excludes halogenated alkanes) is 2. The van der Waals surface area contributed by atoms with Gasteiger partial charge >= 0.3 is 22.5 Å². The van der Waals surface area contributed by atoms with E-state index in [2.05, 4.69) is 31.9 Å². The lowest BCUT2D eigenvalue weighted by atomic mass is 9.97. The van der Waals surface area contributed by atoms with Gasteiger partial charge in [0.1, 0.15) is 85.9 Å². The Morgan fingerprint density at radius 1 is 0.451 bits per heavy atom. The molecule has 14 N–H and O–H groups in total. The topological polar surface area (TPSA) is 615 Å². The van der Waals surface area contributed by atoms with Crippen LogP contribution in [0, 0.1) is 16.7 Å². The van der Waals surface area contributed by atoms with Crippen molar-refractivity contribution in [1.82, 2.24) is 31.1 Å². The van der Waals surface area contributed by atoms with E-state index in [1.807, 2.05) is 0 Å². The number of Topliss-reactive ketones (excluding diaryl/α,β-unsaturated/α-hetero) is 1. The molecule has 0 radical (unpaired) electrons. The zero-order valence-electron chi connectivity index (χ0n) is 69.0. The summed E-state index contributed by atoms with van der Waals surface area (Å²) < 4.78 is 85.5. The number of hydrogen-bond acceptors (Lipinski definition) is 35. The second-order valence-electron chi connectivity index (χ2n) is 29.9. The number of benzene rings is 2. The molecule has 4 heterocycles. The van der Waals surface area contributed by atoms with Crippen molar-refractivity contribution in [3.63, 3.8) is 0 Å². The standard InChI is InChI=1S/C47H71N5O20.C31H43N3O12.O3S/c1-30(25-32(54)11-16-65-19-21-67-23-24-68-22-20-66-17-13-49-36(55)10-15-52-39(58)7-8-40(52)59)44(63)50-14-18-69-29-38(57)48-12-9-37(56)51-33-26-31(28-70-46(64)47(2,3)4)5-6-34(33)71-45-43(62)42(61)41(60)35(27-53)72-45;1-31(2,3)30(43)44-17-18-8-9-20(45-29-28(42)27(41)26(40)21(16-35)46-29)19(15-18)33-23(37)12-13-32-22(36)7-5-4-6-14-34-24(38)10-11-25(34)39;1-4(2)3/h5-8,26,30,35,41-43,45,53,60-62H,9-25,27-29H2,1-4H3,(H,48,57)(H,49,55)(H,50,63)(H,51,56);8-11,15,21,26-29,35,40-42H,4-7,12-14,16-17H2,1-3H3,(H,32,36)(H,33,37);/t30-,35+,41-,42-,43+,45+;21-,26+,27+,28-,29-;/m01./s1. The first kappa shape index (κ1) is 105. The molecule has 43 nitrogen and oxygen atoms in total. The number of amides is 10. The number of hydrogen-bond donors (Lipinski definition) is 14. The number of carbonyl (C=O) groups excluding carboxylic acids is 13. The van der Waals surface area contributed by atoms with Crippen LogP contribution in [-0.2, 0) is 129 Å². The Kier molecular flexibility index (Phi) is 46.9. The molecule has 10 amide bonds. The van der Waals surface area contributed by atoms with Crippen LogP contribution in [0.2, 0.25) is 0 Å². The van der Waals surface area contributed by atoms with E-state index >= 15 is 0 Å². The van der Waals surface area contributed by atoms with Gasteiger partial charge in [-0.3, -0.25) is 72.1 Å². The molecule has 2 saturated heterocycles. The van der Waals surface area contributed by atoms with Crippen molar-refractivity contribution < 1.29 is 168 Å². The predicted octanol–water partition coefficient (Wildman–Crippen LogP) is -3.10. The van der Waals surface area contributed by atoms with Crippen molar-refractivity contribution >= 4 is 98.8 Å². The van der Waals surface area contributed by atoms with E-state index in [4.69, 9.17) is 64.7 Å². The van der Waals surface area contributed by atoms with Crippen LogP contribution in [0.3, 0.4) is 0 Å². The first-order chi connectivity index (χ1) is 57.7. The molecule has 44 heteroatoms. The number of aliphatic hydroxyl groups excluding tert-OH is 8. The minimum Gasteiger partial charge on any atom is -0.460 e. The fraction of sp³-hybridized carbons (Fsp3) is 0.628. The zero-order valence-corrected chi connectivity index (χ0v) is 69.9. The predicted molar refractivity (Wildman–Crippen MR) is 421 cm³/mol. The van der Waals surface area contributed by atoms with Gasteiger partial charge in [0, 0.05) is 108 Å². The second kappa shape index (κ2) is 54.7. The van der Waals surface area contributed by atoms with Gasteiger partial charge in [-0.15, -0.1) is 12.6 Å². The summed E-state index contributed by atoms with van der Waals surface area (Å²) in [6.07, 6.45) is -9.01. The number of carbonyl (C=O) groups is 13. The summed E-state index contributed by atoms with van der Waals surface area (Å²) in [4.78, 5) is 160. The quantitative estimate of drug-likeness (QED) is 0.0177. The summed E-state index contributed by atoms with van der Waals surface area (Å²) in [5, 5.41) is 96.3. The molecule has 0 spiro atoms. The van der Waals surface area contributed by atoms with Crippen molar-refractivity contribution in [3.05, 3.63) is 71.8 Å². The molecule has 2 aromatic carbocycles. The number of aliphatic hydroxyl groups is 8. The Bertz CT molecular complexity index is 3920. The number of ketones is 1. The molecule has 0 saturated carbocycles. The number of imide groups is 2. The maximum absolute atomic E-state index is 13.0. The van der Waals surface area contributed by atoms with Crippen LogP contribution in [-0.4, -0.2) is 320 Å². The van der Waals surface area contributed by atoms with Gasteiger partial charge in [0.25, 0.3) is 23.6 Å². The highest BCUT2D eigenvalue weighted by molar-refractivity contribution is 7.59. The molecule has 0 unspecified atom stereocenters. The lowest BCUT2D eigenvalue weighted by Crippen LogP contribution is -2.60. The van der Waals surface area contributed by atoms with E-state index in [0.29, 0.717) is 63.4 Å². The second-order valence-corrected chi connectivity index (χ2v) is 30.3. The van der Waals surface area contributed by atoms with E-state index in [1.165, 1.54) is 54.6 Å². The molecule has 11 atom stereocenters. The smallest absolute Gasteiger partial charge is 0.425 e. The van der Waals surface area contributed by atoms with Crippen molar-refractivity contribution in [1.29, 1.82) is 0 Å². The number of esters is 2. The summed E-state index contributed by atoms with van der Waals surface area (Å²) in [5.41, 5.74) is -0.372. The fourth-order valence-electron chi connectivity index (χ4n) is 10.9. The Morgan fingerprint density at radius 3 is 1.29 bits per heavy atom. The van der Waals surface area contributed by atoms with E-state index < -0.39 is 143 Å². The van der Waals surface area contributed by atoms with Gasteiger partial charge in [0.05, 0.1) is 94.9 Å². The minimum absolute atomic E-state index is 0.00523. The van der Waals surface area contributed by atoms with Gasteiger partial charge in [-0.05, 0) is 89.8 Å². The Labute approximate surface area is 705 Å². The molecular weight excluding hydrogens is 1640 g/mol. The minimum atomic E-state index is -3.11. The Hall–Kier alpha value is -9.75. The van der Waals surface area contributed by atoms with Crippen LogP contribution < -0.4 is 41.4 Å². The summed E-state index contributed by atoms with van der Waals surface area (Å²) in [6, 6.07) is 8.89. The first-order valence-electron chi connectivity index (χ1n) is 39.2. The molecule has 0 aliphatic carbocycles. The maximum Gasteiger partial charge on any atom is 0.425 e. The molecule has 0 bridgehead atoms. The largest absolute Gasteiger partial charge is 0.460 e. The molecule has 2 aromatic rings. The third-order valence-electron chi connectivity index (χ3n) is 17.8. The van der Waals surface area contributed by atoms with Gasteiger partial charge in [-0.25, -0.2) is 0 Å². The lowest BCUT2D eigenvalue weighted by molar-refractivity contribution is -0.277. The molecular formula is C78H114N8O35S. The van der Waals surface area contributed by atoms with Crippen LogP contribution in [0.1, 0.15) is 117 Å². The van der Waals surface area contributed by atoms with Crippen LogP contribution in [0.15, 0.2) is 60.7 Å². The number of nitrogens with zero attached hydrogens (tertiary/aromatic N) is 2. The average Bonchev–Trinajstić information content (AvgIpc) is 1.62. The fourth-order valence-corrected chi connectivity index (χ4v) is 10.9. The third kappa shape index (κ3) is 39.2. The lowest BCUT2D eigenvalue weighted by Gasteiger charge is -2.39. The summed E-state index contributed by atoms with van der Waals surface area (Å²) >= 11 is 0. The number of rotatable bonds is 50. The van der Waals surface area contributed by atoms with Gasteiger partial charge in [0.15, 0.2) is 0 Å². The van der Waals surface area contributed by atoms with Gasteiger partial charge in [-0.2, -0.15) is 0 Å². The third-order valence-corrected chi connectivity index (χ3v) is 17.8. The zero-order chi connectivity index (χ0) is 90.7. The van der Waals surface area contributed by atoms with Gasteiger partial charge in [0.2, 0.25) is 48.0 Å². The average molecular weight is 1760 g/mol. The normalized spacial score (nSPS) is 20.2. The van der Waals surface area contributed by atoms with E-state index in [1.54, 1.807) is 54.5 Å². The van der Waals surface area contributed by atoms with E-state index in [0.717, 1.165) is 9.80 Å². The molecule has 122 heavy (non-hydrogen) atoms. The van der Waals surface area contributed by atoms with E-state index in [-0.39, 0.29) is 182 Å². The molecule has 4 aliphatic rings. The summed E-state index contributed by atoms with van der Waals surface area (Å²) in [6.45, 7) is 12.7. The number of nitrogens with one attached hydrogen (secondary N) is 6. The van der Waals surface area contributed by atoms with Crippen molar-refractivity contribution in [3.8, 4) is 11.5 Å². The summed E-state index contributed by atoms with van der Waals surface area (Å²) in [7, 11) is -3.11. The van der Waals surface area contributed by atoms with Gasteiger partial charge < -0.3 is 125 Å². The molecule has 2 fully saturated rings. The van der Waals surface area contributed by atoms with Crippen LogP contribution in [0.25, 0.3) is 0 Å². The van der Waals surface area contributed by atoms with Crippen molar-refractivity contribution in [2.75, 3.05) is 129 Å². The Morgan fingerprint density at radius 2 is 0.844 bits per heavy atom. The number of ether oxygens (including phenoxy) is 11. The Balaban J connectivity index is 0.000000534. The maximum atomic E-state index is 13.0. The van der Waals surface area contributed by atoms with Crippen LogP contribution in [0.5, 0.6) is 11.5 Å². The molecule has 6 rings (SSSR count). The highest BCUT2D eigenvalue weighted by Crippen LogP contribution is 2.34. The monoisotopic (exact) mass is 1750 g/mol. The van der Waals surface area contributed by atoms with Crippen LogP contribution in [0.4, 0.5) is 11.4 Å². The molecule has 4 aliphatic heterocycles. The van der Waals surface area contributed by atoms with Crippen molar-refractivity contribution in [2.45, 2.75) is 181 Å². The first-order valence-corrected chi connectivity index (χ1v) is 40.2. The van der Waals surface area contributed by atoms with Crippen molar-refractivity contribution in [2.24, 2.45) is 16.7 Å². The SMILES string of the molecule is CC(C)(C)C(=O)OCc1ccc(O[C@@H]2O[C@H](CO)[C@H](O)[C@H](O)[C@H]2O)c(NC(=O)CCNC(=O)CCCCCN2C(=O)C=CC2=O)c1.C[C@@H](CC(=O)CCOCCOCCOCCOCCNC(=O)CCN1C(=O)C=CC1=O)C(=O)NCCOCC(=O)NCCC(=O)Nc1cc(COC(=O)C(C)(C)C)ccc1O[C@@H]1O[C@H](CO)[C@H](O)[C@H](O)[C@H]1O.O=S(=O)=O. The molecule has 0 aromatic heterocycles. The highest BCUT2D eigenvalue weighted by Gasteiger charge is 2.47. The highest BCUT2D eigenvalue weighted by atomic mass is 32.2.